The largest absolute Gasteiger partial charge is 0.309 e. The molecule has 1 atom stereocenters. The highest BCUT2D eigenvalue weighted by Gasteiger charge is 2.18. The minimum atomic E-state index is 0.336. The molecule has 0 saturated heterocycles. The van der Waals surface area contributed by atoms with E-state index in [2.05, 4.69) is 69.0 Å². The first-order valence-corrected chi connectivity index (χ1v) is 8.25. The van der Waals surface area contributed by atoms with Crippen LogP contribution in [0.1, 0.15) is 51.8 Å². The monoisotopic (exact) mass is 376 g/mol. The molecule has 0 radical (unpaired) electrons. The van der Waals surface area contributed by atoms with Gasteiger partial charge in [0, 0.05) is 15.1 Å². The van der Waals surface area contributed by atoms with Gasteiger partial charge in [-0.15, -0.1) is 0 Å². The SMILES string of the molecule is CCNC(CC(CC)CC)c1ncc(Br)cc1Br. The molecule has 2 nitrogen and oxygen atoms in total. The maximum Gasteiger partial charge on any atom is 0.0715 e. The standard InChI is InChI=1S/C14H22Br2N2/c1-4-10(5-2)7-13(17-6-3)14-12(16)8-11(15)9-18-14/h8-10,13,17H,4-7H2,1-3H3. The van der Waals surface area contributed by atoms with Gasteiger partial charge in [0.1, 0.15) is 0 Å². The van der Waals surface area contributed by atoms with E-state index in [9.17, 15) is 0 Å². The Morgan fingerprint density at radius 2 is 1.89 bits per heavy atom. The van der Waals surface area contributed by atoms with Crippen molar-refractivity contribution in [1.29, 1.82) is 0 Å². The van der Waals surface area contributed by atoms with Gasteiger partial charge in [-0.05, 0) is 56.8 Å². The van der Waals surface area contributed by atoms with Crippen LogP contribution in [0.5, 0.6) is 0 Å². The molecule has 0 saturated carbocycles. The lowest BCUT2D eigenvalue weighted by Gasteiger charge is -2.23. The molecule has 4 heteroatoms. The summed E-state index contributed by atoms with van der Waals surface area (Å²) in [6, 6.07) is 2.40. The van der Waals surface area contributed by atoms with Crippen molar-refractivity contribution in [3.8, 4) is 0 Å². The first-order chi connectivity index (χ1) is 8.62. The number of pyridine rings is 1. The molecule has 0 aliphatic rings. The Bertz CT molecular complexity index is 365. The van der Waals surface area contributed by atoms with Gasteiger partial charge in [-0.25, -0.2) is 0 Å². The molecular weight excluding hydrogens is 356 g/mol. The molecule has 0 aromatic carbocycles. The molecule has 0 amide bonds. The first kappa shape index (κ1) is 16.1. The topological polar surface area (TPSA) is 24.9 Å². The van der Waals surface area contributed by atoms with Crippen LogP contribution < -0.4 is 5.32 Å². The summed E-state index contributed by atoms with van der Waals surface area (Å²) in [7, 11) is 0. The summed E-state index contributed by atoms with van der Waals surface area (Å²) < 4.78 is 2.09. The zero-order chi connectivity index (χ0) is 13.5. The van der Waals surface area contributed by atoms with Gasteiger partial charge in [0.15, 0.2) is 0 Å². The Labute approximate surface area is 127 Å². The summed E-state index contributed by atoms with van der Waals surface area (Å²) in [6.07, 6.45) is 5.48. The minimum Gasteiger partial charge on any atom is -0.309 e. The molecule has 18 heavy (non-hydrogen) atoms. The van der Waals surface area contributed by atoms with Crippen molar-refractivity contribution in [2.24, 2.45) is 5.92 Å². The molecule has 0 bridgehead atoms. The number of hydrogen-bond donors (Lipinski definition) is 1. The van der Waals surface area contributed by atoms with Gasteiger partial charge < -0.3 is 5.32 Å². The molecule has 0 fully saturated rings. The summed E-state index contributed by atoms with van der Waals surface area (Å²) in [6.45, 7) is 7.64. The second-order valence-electron chi connectivity index (χ2n) is 4.55. The van der Waals surface area contributed by atoms with E-state index in [-0.39, 0.29) is 0 Å². The number of nitrogens with zero attached hydrogens (tertiary/aromatic N) is 1. The van der Waals surface area contributed by atoms with Gasteiger partial charge in [0.25, 0.3) is 0 Å². The average molecular weight is 378 g/mol. The molecule has 1 rings (SSSR count). The Hall–Kier alpha value is 0.0700. The predicted octanol–water partition coefficient (Wildman–Crippen LogP) is 5.08. The van der Waals surface area contributed by atoms with E-state index in [0.717, 1.165) is 33.5 Å². The van der Waals surface area contributed by atoms with Crippen LogP contribution in [0.2, 0.25) is 0 Å². The zero-order valence-corrected chi connectivity index (χ0v) is 14.5. The van der Waals surface area contributed by atoms with Crippen molar-refractivity contribution >= 4 is 31.9 Å². The van der Waals surface area contributed by atoms with E-state index in [1.807, 2.05) is 6.20 Å². The molecular formula is C14H22Br2N2. The van der Waals surface area contributed by atoms with Crippen LogP contribution in [0.3, 0.4) is 0 Å². The second kappa shape index (κ2) is 8.28. The predicted molar refractivity (Wildman–Crippen MR) is 84.7 cm³/mol. The highest BCUT2D eigenvalue weighted by molar-refractivity contribution is 9.11. The first-order valence-electron chi connectivity index (χ1n) is 6.66. The molecule has 0 spiro atoms. The molecule has 1 heterocycles. The summed E-state index contributed by atoms with van der Waals surface area (Å²) in [4.78, 5) is 4.56. The van der Waals surface area contributed by atoms with Gasteiger partial charge in [0.05, 0.1) is 11.7 Å². The maximum atomic E-state index is 4.56. The van der Waals surface area contributed by atoms with E-state index in [1.165, 1.54) is 12.8 Å². The van der Waals surface area contributed by atoms with E-state index >= 15 is 0 Å². The smallest absolute Gasteiger partial charge is 0.0715 e. The Kier molecular flexibility index (Phi) is 7.42. The van der Waals surface area contributed by atoms with Gasteiger partial charge >= 0.3 is 0 Å². The van der Waals surface area contributed by atoms with E-state index in [1.54, 1.807) is 0 Å². The van der Waals surface area contributed by atoms with Crippen molar-refractivity contribution in [1.82, 2.24) is 10.3 Å². The summed E-state index contributed by atoms with van der Waals surface area (Å²) >= 11 is 7.07. The van der Waals surface area contributed by atoms with Gasteiger partial charge in [-0.1, -0.05) is 33.6 Å². The van der Waals surface area contributed by atoms with Crippen LogP contribution in [-0.2, 0) is 0 Å². The third kappa shape index (κ3) is 4.63. The van der Waals surface area contributed by atoms with Crippen LogP contribution in [0.15, 0.2) is 21.2 Å². The van der Waals surface area contributed by atoms with E-state index in [4.69, 9.17) is 0 Å². The average Bonchev–Trinajstić information content (AvgIpc) is 2.35. The van der Waals surface area contributed by atoms with E-state index < -0.39 is 0 Å². The minimum absolute atomic E-state index is 0.336. The Balaban J connectivity index is 2.89. The summed E-state index contributed by atoms with van der Waals surface area (Å²) in [5.41, 5.74) is 1.12. The third-order valence-corrected chi connectivity index (χ3v) is 4.41. The van der Waals surface area contributed by atoms with Crippen LogP contribution in [0, 0.1) is 5.92 Å². The van der Waals surface area contributed by atoms with Crippen molar-refractivity contribution in [3.63, 3.8) is 0 Å². The van der Waals surface area contributed by atoms with Crippen molar-refractivity contribution in [3.05, 3.63) is 26.9 Å². The molecule has 0 aliphatic heterocycles. The van der Waals surface area contributed by atoms with Crippen LogP contribution >= 0.6 is 31.9 Å². The molecule has 1 N–H and O–H groups in total. The van der Waals surface area contributed by atoms with Gasteiger partial charge in [-0.2, -0.15) is 0 Å². The fourth-order valence-electron chi connectivity index (χ4n) is 2.17. The van der Waals surface area contributed by atoms with Crippen molar-refractivity contribution in [2.45, 2.75) is 46.1 Å². The number of rotatable bonds is 7. The fraction of sp³-hybridized carbons (Fsp3) is 0.643. The summed E-state index contributed by atoms with van der Waals surface area (Å²) in [5.74, 6) is 0.756. The Morgan fingerprint density at radius 3 is 2.39 bits per heavy atom. The fourth-order valence-corrected chi connectivity index (χ4v) is 3.44. The molecule has 1 unspecified atom stereocenters. The van der Waals surface area contributed by atoms with Crippen molar-refractivity contribution in [2.75, 3.05) is 6.54 Å². The molecule has 1 aromatic heterocycles. The third-order valence-electron chi connectivity index (χ3n) is 3.34. The van der Waals surface area contributed by atoms with Gasteiger partial charge in [-0.3, -0.25) is 4.98 Å². The van der Waals surface area contributed by atoms with Gasteiger partial charge in [0.2, 0.25) is 0 Å². The quantitative estimate of drug-likeness (QED) is 0.716. The normalized spacial score (nSPS) is 13.0. The van der Waals surface area contributed by atoms with E-state index in [0.29, 0.717) is 6.04 Å². The number of aromatic nitrogens is 1. The molecule has 1 aromatic rings. The van der Waals surface area contributed by atoms with Crippen LogP contribution in [-0.4, -0.2) is 11.5 Å². The highest BCUT2D eigenvalue weighted by Crippen LogP contribution is 2.30. The molecule has 102 valence electrons. The zero-order valence-electron chi connectivity index (χ0n) is 11.3. The Morgan fingerprint density at radius 1 is 1.22 bits per heavy atom. The summed E-state index contributed by atoms with van der Waals surface area (Å²) in [5, 5.41) is 3.55. The lowest BCUT2D eigenvalue weighted by molar-refractivity contribution is 0.370. The molecule has 0 aliphatic carbocycles. The highest BCUT2D eigenvalue weighted by atomic mass is 79.9. The van der Waals surface area contributed by atoms with Crippen LogP contribution in [0.25, 0.3) is 0 Å². The second-order valence-corrected chi connectivity index (χ2v) is 6.32. The lowest BCUT2D eigenvalue weighted by atomic mass is 9.93. The van der Waals surface area contributed by atoms with Crippen molar-refractivity contribution < 1.29 is 0 Å². The maximum absolute atomic E-state index is 4.56. The number of halogens is 2. The van der Waals surface area contributed by atoms with Crippen LogP contribution in [0.4, 0.5) is 0 Å². The number of nitrogens with one attached hydrogen (secondary N) is 1. The lowest BCUT2D eigenvalue weighted by Crippen LogP contribution is -2.24. The number of hydrogen-bond acceptors (Lipinski definition) is 2.